The van der Waals surface area contributed by atoms with Crippen LogP contribution in [0.25, 0.3) is 0 Å². The van der Waals surface area contributed by atoms with Crippen LogP contribution in [0.3, 0.4) is 0 Å². The third-order valence-electron chi connectivity index (χ3n) is 4.88. The normalized spacial score (nSPS) is 12.5. The topological polar surface area (TPSA) is 67.9 Å². The average Bonchev–Trinajstić information content (AvgIpc) is 3.18. The van der Waals surface area contributed by atoms with Gasteiger partial charge in [-0.3, -0.25) is 9.59 Å². The predicted octanol–water partition coefficient (Wildman–Crippen LogP) is 3.11. The van der Waals surface area contributed by atoms with Gasteiger partial charge in [-0.05, 0) is 44.0 Å². The van der Waals surface area contributed by atoms with Crippen LogP contribution in [0.15, 0.2) is 48.5 Å². The smallest absolute Gasteiger partial charge is 0.237 e. The number of carbonyl (C=O) groups is 2. The van der Waals surface area contributed by atoms with Gasteiger partial charge in [0.1, 0.15) is 5.41 Å². The molecule has 0 saturated carbocycles. The van der Waals surface area contributed by atoms with Gasteiger partial charge in [0, 0.05) is 19.6 Å². The van der Waals surface area contributed by atoms with Crippen LogP contribution in [0.5, 0.6) is 11.5 Å². The Morgan fingerprint density at radius 2 is 1.75 bits per heavy atom. The molecule has 0 bridgehead atoms. The van der Waals surface area contributed by atoms with Gasteiger partial charge in [-0.1, -0.05) is 36.4 Å². The third kappa shape index (κ3) is 4.27. The summed E-state index contributed by atoms with van der Waals surface area (Å²) in [7, 11) is 0. The monoisotopic (exact) mass is 382 g/mol. The van der Waals surface area contributed by atoms with E-state index in [0.717, 1.165) is 11.1 Å². The summed E-state index contributed by atoms with van der Waals surface area (Å²) in [6.07, 6.45) is 0. The van der Waals surface area contributed by atoms with Crippen molar-refractivity contribution in [3.8, 4) is 11.5 Å². The zero-order valence-electron chi connectivity index (χ0n) is 16.5. The summed E-state index contributed by atoms with van der Waals surface area (Å²) in [5.41, 5.74) is 0.757. The molecule has 0 spiro atoms. The molecule has 0 unspecified atom stereocenters. The van der Waals surface area contributed by atoms with Crippen molar-refractivity contribution < 1.29 is 19.1 Å². The molecule has 1 N–H and O–H groups in total. The third-order valence-corrected chi connectivity index (χ3v) is 4.88. The minimum atomic E-state index is -1.17. The minimum Gasteiger partial charge on any atom is -0.454 e. The van der Waals surface area contributed by atoms with Crippen molar-refractivity contribution in [2.75, 3.05) is 13.3 Å². The first-order valence-corrected chi connectivity index (χ1v) is 9.42. The molecule has 2 amide bonds. The van der Waals surface area contributed by atoms with Crippen molar-refractivity contribution in [1.82, 2.24) is 10.2 Å². The number of fused-ring (bicyclic) bond motifs is 1. The van der Waals surface area contributed by atoms with Gasteiger partial charge in [-0.25, -0.2) is 0 Å². The fourth-order valence-corrected chi connectivity index (χ4v) is 3.08. The van der Waals surface area contributed by atoms with Crippen molar-refractivity contribution >= 4 is 11.8 Å². The molecular formula is C22H26N2O4. The summed E-state index contributed by atoms with van der Waals surface area (Å²) < 4.78 is 10.7. The Kier molecular flexibility index (Phi) is 5.87. The second-order valence-corrected chi connectivity index (χ2v) is 7.30. The summed E-state index contributed by atoms with van der Waals surface area (Å²) in [5, 5.41) is 2.87. The van der Waals surface area contributed by atoms with Crippen molar-refractivity contribution in [2.45, 2.75) is 33.9 Å². The molecule has 6 nitrogen and oxygen atoms in total. The van der Waals surface area contributed by atoms with E-state index in [0.29, 0.717) is 31.1 Å². The highest BCUT2D eigenvalue weighted by Gasteiger charge is 2.38. The molecule has 0 aliphatic carbocycles. The van der Waals surface area contributed by atoms with Crippen molar-refractivity contribution in [1.29, 1.82) is 0 Å². The number of amides is 2. The Morgan fingerprint density at radius 3 is 2.46 bits per heavy atom. The van der Waals surface area contributed by atoms with Crippen molar-refractivity contribution in [3.63, 3.8) is 0 Å². The zero-order valence-corrected chi connectivity index (χ0v) is 16.5. The van der Waals surface area contributed by atoms with Crippen LogP contribution in [0.4, 0.5) is 0 Å². The van der Waals surface area contributed by atoms with E-state index in [9.17, 15) is 9.59 Å². The Morgan fingerprint density at radius 1 is 1.04 bits per heavy atom. The fraction of sp³-hybridized carbons (Fsp3) is 0.364. The van der Waals surface area contributed by atoms with Gasteiger partial charge in [-0.15, -0.1) is 0 Å². The van der Waals surface area contributed by atoms with E-state index in [1.165, 1.54) is 0 Å². The van der Waals surface area contributed by atoms with E-state index in [1.807, 2.05) is 55.5 Å². The maximum Gasteiger partial charge on any atom is 0.237 e. The van der Waals surface area contributed by atoms with E-state index in [2.05, 4.69) is 5.32 Å². The molecular weight excluding hydrogens is 356 g/mol. The largest absolute Gasteiger partial charge is 0.454 e. The number of rotatable bonds is 7. The standard InChI is InChI=1S/C22H26N2O4/c1-4-24(14-16-8-6-5-7-9-16)21(26)22(2,3)20(25)23-13-17-10-11-18-19(12-17)28-15-27-18/h5-12H,4,13-15H2,1-3H3,(H,23,25). The van der Waals surface area contributed by atoms with Crippen LogP contribution < -0.4 is 14.8 Å². The van der Waals surface area contributed by atoms with Crippen LogP contribution in [0.1, 0.15) is 31.9 Å². The molecule has 3 rings (SSSR count). The van der Waals surface area contributed by atoms with Gasteiger partial charge < -0.3 is 19.7 Å². The number of benzene rings is 2. The summed E-state index contributed by atoms with van der Waals surface area (Å²) in [6, 6.07) is 15.3. The van der Waals surface area contributed by atoms with Gasteiger partial charge in [0.2, 0.25) is 18.6 Å². The fourth-order valence-electron chi connectivity index (χ4n) is 3.08. The van der Waals surface area contributed by atoms with Gasteiger partial charge in [0.15, 0.2) is 11.5 Å². The quantitative estimate of drug-likeness (QED) is 0.747. The number of ether oxygens (including phenoxy) is 2. The highest BCUT2D eigenvalue weighted by Crippen LogP contribution is 2.32. The van der Waals surface area contributed by atoms with Crippen molar-refractivity contribution in [2.24, 2.45) is 5.41 Å². The Hall–Kier alpha value is -3.02. The first-order valence-electron chi connectivity index (χ1n) is 9.42. The molecule has 1 heterocycles. The Bertz CT molecular complexity index is 849. The minimum absolute atomic E-state index is 0.193. The van der Waals surface area contributed by atoms with Crippen LogP contribution in [-0.2, 0) is 22.7 Å². The summed E-state index contributed by atoms with van der Waals surface area (Å²) >= 11 is 0. The first kappa shape index (κ1) is 19.7. The molecule has 2 aromatic carbocycles. The molecule has 1 aliphatic rings. The average molecular weight is 382 g/mol. The summed E-state index contributed by atoms with van der Waals surface area (Å²) in [5.74, 6) is 0.871. The van der Waals surface area contributed by atoms with Crippen molar-refractivity contribution in [3.05, 3.63) is 59.7 Å². The maximum absolute atomic E-state index is 13.0. The van der Waals surface area contributed by atoms with E-state index in [-0.39, 0.29) is 18.6 Å². The highest BCUT2D eigenvalue weighted by atomic mass is 16.7. The second kappa shape index (κ2) is 8.33. The van der Waals surface area contributed by atoms with Crippen LogP contribution in [0, 0.1) is 5.41 Å². The van der Waals surface area contributed by atoms with Crippen LogP contribution in [-0.4, -0.2) is 30.1 Å². The number of nitrogens with zero attached hydrogens (tertiary/aromatic N) is 1. The zero-order chi connectivity index (χ0) is 20.1. The van der Waals surface area contributed by atoms with Gasteiger partial charge in [0.05, 0.1) is 0 Å². The lowest BCUT2D eigenvalue weighted by atomic mass is 9.90. The molecule has 0 aromatic heterocycles. The van der Waals surface area contributed by atoms with Gasteiger partial charge >= 0.3 is 0 Å². The molecule has 28 heavy (non-hydrogen) atoms. The second-order valence-electron chi connectivity index (χ2n) is 7.30. The van der Waals surface area contributed by atoms with Crippen LogP contribution >= 0.6 is 0 Å². The highest BCUT2D eigenvalue weighted by molar-refractivity contribution is 6.04. The molecule has 0 saturated heterocycles. The van der Waals surface area contributed by atoms with E-state index in [1.54, 1.807) is 18.7 Å². The molecule has 6 heteroatoms. The van der Waals surface area contributed by atoms with E-state index in [4.69, 9.17) is 9.47 Å². The van der Waals surface area contributed by atoms with E-state index < -0.39 is 5.41 Å². The lowest BCUT2D eigenvalue weighted by molar-refractivity contribution is -0.149. The van der Waals surface area contributed by atoms with Gasteiger partial charge in [-0.2, -0.15) is 0 Å². The Labute approximate surface area is 165 Å². The van der Waals surface area contributed by atoms with E-state index >= 15 is 0 Å². The Balaban J connectivity index is 1.63. The van der Waals surface area contributed by atoms with Crippen LogP contribution in [0.2, 0.25) is 0 Å². The number of nitrogens with one attached hydrogen (secondary N) is 1. The molecule has 0 radical (unpaired) electrons. The molecule has 2 aromatic rings. The van der Waals surface area contributed by atoms with Gasteiger partial charge in [0.25, 0.3) is 0 Å². The summed E-state index contributed by atoms with van der Waals surface area (Å²) in [4.78, 5) is 27.5. The number of carbonyl (C=O) groups excluding carboxylic acids is 2. The maximum atomic E-state index is 13.0. The first-order chi connectivity index (χ1) is 13.4. The number of hydrogen-bond acceptors (Lipinski definition) is 4. The lowest BCUT2D eigenvalue weighted by Crippen LogP contribution is -2.49. The molecule has 1 aliphatic heterocycles. The molecule has 0 atom stereocenters. The lowest BCUT2D eigenvalue weighted by Gasteiger charge is -2.30. The SMILES string of the molecule is CCN(Cc1ccccc1)C(=O)C(C)(C)C(=O)NCc1ccc2c(c1)OCO2. The molecule has 148 valence electrons. The summed E-state index contributed by atoms with van der Waals surface area (Å²) in [6.45, 7) is 6.79. The molecule has 0 fully saturated rings. The number of hydrogen-bond donors (Lipinski definition) is 1. The predicted molar refractivity (Wildman–Crippen MR) is 106 cm³/mol.